The van der Waals surface area contributed by atoms with Crippen LogP contribution in [-0.2, 0) is 4.74 Å². The van der Waals surface area contributed by atoms with Gasteiger partial charge in [0.05, 0.1) is 24.9 Å². The van der Waals surface area contributed by atoms with Gasteiger partial charge in [0.2, 0.25) is 11.8 Å². The van der Waals surface area contributed by atoms with E-state index in [-0.39, 0.29) is 18.3 Å². The molecule has 1 aliphatic carbocycles. The second-order valence-electron chi connectivity index (χ2n) is 8.54. The largest absolute Gasteiger partial charge is 0.477 e. The highest BCUT2D eigenvalue weighted by Gasteiger charge is 2.22. The molecule has 4 rings (SSSR count). The van der Waals surface area contributed by atoms with Crippen molar-refractivity contribution < 1.29 is 14.6 Å². The van der Waals surface area contributed by atoms with E-state index in [1.54, 1.807) is 12.3 Å². The fourth-order valence-electron chi connectivity index (χ4n) is 4.27. The number of ether oxygens (including phenoxy) is 2. The summed E-state index contributed by atoms with van der Waals surface area (Å²) in [6, 6.07) is 10.1. The average molecular weight is 413 g/mol. The highest BCUT2D eigenvalue weighted by molar-refractivity contribution is 5.59. The van der Waals surface area contributed by atoms with Crippen LogP contribution in [0.2, 0.25) is 0 Å². The predicted octanol–water partition coefficient (Wildman–Crippen LogP) is 3.76. The van der Waals surface area contributed by atoms with Gasteiger partial charge in [-0.15, -0.1) is 0 Å². The molecule has 7 nitrogen and oxygen atoms in total. The molecule has 0 spiro atoms. The van der Waals surface area contributed by atoms with E-state index in [9.17, 15) is 5.11 Å². The van der Waals surface area contributed by atoms with Crippen LogP contribution in [0, 0.1) is 5.92 Å². The molecule has 0 amide bonds. The molecular formula is C23H32N4O3. The third-order valence-corrected chi connectivity index (χ3v) is 5.82. The first-order chi connectivity index (χ1) is 14.5. The van der Waals surface area contributed by atoms with Crippen LogP contribution in [0.4, 0.5) is 17.3 Å². The van der Waals surface area contributed by atoms with Gasteiger partial charge in [0, 0.05) is 36.7 Å². The van der Waals surface area contributed by atoms with Crippen LogP contribution in [0.1, 0.15) is 39.5 Å². The minimum Gasteiger partial charge on any atom is -0.477 e. The van der Waals surface area contributed by atoms with Gasteiger partial charge in [0.25, 0.3) is 0 Å². The molecule has 2 heterocycles. The standard InChI is InChI=1S/C23H32N4O3/c1-16-13-27(14-17(2)30-16)20-7-5-19(6-8-20)25-23-24-12-11-22(26-23)29-15-18-3-9-21(28)10-4-18/h5-8,11-12,16-18,21,28H,3-4,9-10,13-15H2,1-2H3,(H,24,25,26)/t16-,17+,18?,21?. The van der Waals surface area contributed by atoms with E-state index in [0.29, 0.717) is 24.4 Å². The van der Waals surface area contributed by atoms with Crippen molar-refractivity contribution in [1.82, 2.24) is 9.97 Å². The number of nitrogens with one attached hydrogen (secondary N) is 1. The Morgan fingerprint density at radius 2 is 1.77 bits per heavy atom. The number of hydrogen-bond acceptors (Lipinski definition) is 7. The monoisotopic (exact) mass is 412 g/mol. The number of rotatable bonds is 6. The summed E-state index contributed by atoms with van der Waals surface area (Å²) in [5.41, 5.74) is 2.13. The lowest BCUT2D eigenvalue weighted by atomic mass is 9.88. The van der Waals surface area contributed by atoms with Crippen LogP contribution in [-0.4, -0.2) is 53.1 Å². The van der Waals surface area contributed by atoms with Crippen molar-refractivity contribution in [2.45, 2.75) is 57.8 Å². The molecule has 7 heteroatoms. The average Bonchev–Trinajstić information content (AvgIpc) is 2.73. The molecule has 1 saturated heterocycles. The maximum atomic E-state index is 9.63. The molecule has 2 aromatic rings. The van der Waals surface area contributed by atoms with E-state index in [0.717, 1.165) is 44.5 Å². The molecule has 0 radical (unpaired) electrons. The van der Waals surface area contributed by atoms with Gasteiger partial charge >= 0.3 is 0 Å². The van der Waals surface area contributed by atoms with Crippen molar-refractivity contribution in [3.8, 4) is 5.88 Å². The summed E-state index contributed by atoms with van der Waals surface area (Å²) < 4.78 is 11.7. The fraction of sp³-hybridized carbons (Fsp3) is 0.565. The number of hydrogen-bond donors (Lipinski definition) is 2. The maximum Gasteiger partial charge on any atom is 0.230 e. The van der Waals surface area contributed by atoms with Gasteiger partial charge in [0.15, 0.2) is 0 Å². The van der Waals surface area contributed by atoms with Crippen molar-refractivity contribution in [2.75, 3.05) is 29.9 Å². The van der Waals surface area contributed by atoms with Gasteiger partial charge < -0.3 is 24.8 Å². The minimum atomic E-state index is -0.141. The Labute approximate surface area is 178 Å². The van der Waals surface area contributed by atoms with Gasteiger partial charge in [-0.3, -0.25) is 0 Å². The molecule has 1 aliphatic heterocycles. The second-order valence-corrected chi connectivity index (χ2v) is 8.54. The molecule has 2 N–H and O–H groups in total. The van der Waals surface area contributed by atoms with Crippen LogP contribution in [0.3, 0.4) is 0 Å². The fourth-order valence-corrected chi connectivity index (χ4v) is 4.27. The van der Waals surface area contributed by atoms with E-state index in [1.165, 1.54) is 5.69 Å². The molecule has 30 heavy (non-hydrogen) atoms. The summed E-state index contributed by atoms with van der Waals surface area (Å²) in [6.45, 7) is 6.67. The maximum absolute atomic E-state index is 9.63. The zero-order valence-electron chi connectivity index (χ0n) is 17.8. The number of aliphatic hydroxyl groups is 1. The van der Waals surface area contributed by atoms with Crippen molar-refractivity contribution in [2.24, 2.45) is 5.92 Å². The molecule has 0 unspecified atom stereocenters. The SMILES string of the molecule is C[C@@H]1CN(c2ccc(Nc3nccc(OCC4CCC(O)CC4)n3)cc2)C[C@H](C)O1. The Hall–Kier alpha value is -2.38. The smallest absolute Gasteiger partial charge is 0.230 e. The van der Waals surface area contributed by atoms with Crippen LogP contribution in [0.15, 0.2) is 36.5 Å². The topological polar surface area (TPSA) is 79.7 Å². The predicted molar refractivity (Wildman–Crippen MR) is 117 cm³/mol. The van der Waals surface area contributed by atoms with Crippen molar-refractivity contribution in [1.29, 1.82) is 0 Å². The van der Waals surface area contributed by atoms with Crippen molar-refractivity contribution in [3.05, 3.63) is 36.5 Å². The number of aliphatic hydroxyl groups excluding tert-OH is 1. The summed E-state index contributed by atoms with van der Waals surface area (Å²) in [4.78, 5) is 11.1. The molecule has 2 aliphatic rings. The zero-order valence-corrected chi connectivity index (χ0v) is 17.8. The first-order valence-corrected chi connectivity index (χ1v) is 11.0. The van der Waals surface area contributed by atoms with Crippen LogP contribution in [0.5, 0.6) is 5.88 Å². The Morgan fingerprint density at radius 3 is 2.47 bits per heavy atom. The van der Waals surface area contributed by atoms with E-state index >= 15 is 0 Å². The Kier molecular flexibility index (Phi) is 6.69. The molecule has 1 aromatic heterocycles. The number of morpholine rings is 1. The lowest BCUT2D eigenvalue weighted by molar-refractivity contribution is -0.00521. The summed E-state index contributed by atoms with van der Waals surface area (Å²) in [5, 5.41) is 12.9. The molecule has 162 valence electrons. The number of anilines is 3. The lowest BCUT2D eigenvalue weighted by Crippen LogP contribution is -2.45. The molecule has 0 bridgehead atoms. The van der Waals surface area contributed by atoms with Crippen LogP contribution >= 0.6 is 0 Å². The van der Waals surface area contributed by atoms with Gasteiger partial charge in [-0.05, 0) is 69.7 Å². The van der Waals surface area contributed by atoms with E-state index in [2.05, 4.69) is 46.2 Å². The Morgan fingerprint density at radius 1 is 1.07 bits per heavy atom. The molecule has 2 atom stereocenters. The Balaban J connectivity index is 1.32. The summed E-state index contributed by atoms with van der Waals surface area (Å²) in [6.07, 6.45) is 5.78. The summed E-state index contributed by atoms with van der Waals surface area (Å²) in [7, 11) is 0. The number of aromatic nitrogens is 2. The van der Waals surface area contributed by atoms with E-state index in [4.69, 9.17) is 9.47 Å². The van der Waals surface area contributed by atoms with Gasteiger partial charge in [0.1, 0.15) is 0 Å². The molecule has 2 fully saturated rings. The van der Waals surface area contributed by atoms with E-state index < -0.39 is 0 Å². The first-order valence-electron chi connectivity index (χ1n) is 11.0. The van der Waals surface area contributed by atoms with E-state index in [1.807, 2.05) is 12.1 Å². The second kappa shape index (κ2) is 9.62. The lowest BCUT2D eigenvalue weighted by Gasteiger charge is -2.36. The number of nitrogens with zero attached hydrogens (tertiary/aromatic N) is 3. The van der Waals surface area contributed by atoms with Gasteiger partial charge in [-0.2, -0.15) is 4.98 Å². The third-order valence-electron chi connectivity index (χ3n) is 5.82. The summed E-state index contributed by atoms with van der Waals surface area (Å²) in [5.74, 6) is 1.58. The highest BCUT2D eigenvalue weighted by atomic mass is 16.5. The van der Waals surface area contributed by atoms with Crippen LogP contribution in [0.25, 0.3) is 0 Å². The minimum absolute atomic E-state index is 0.141. The van der Waals surface area contributed by atoms with Crippen molar-refractivity contribution >= 4 is 17.3 Å². The number of benzene rings is 1. The van der Waals surface area contributed by atoms with Gasteiger partial charge in [-0.25, -0.2) is 4.98 Å². The Bertz CT molecular complexity index is 798. The van der Waals surface area contributed by atoms with Gasteiger partial charge in [-0.1, -0.05) is 0 Å². The molecule has 1 saturated carbocycles. The van der Waals surface area contributed by atoms with Crippen molar-refractivity contribution in [3.63, 3.8) is 0 Å². The van der Waals surface area contributed by atoms with Crippen LogP contribution < -0.4 is 15.0 Å². The highest BCUT2D eigenvalue weighted by Crippen LogP contribution is 2.26. The zero-order chi connectivity index (χ0) is 20.9. The quantitative estimate of drug-likeness (QED) is 0.748. The normalized spacial score (nSPS) is 27.0. The molecular weight excluding hydrogens is 380 g/mol. The third kappa shape index (κ3) is 5.61. The molecule has 1 aromatic carbocycles. The first kappa shape index (κ1) is 20.9. The summed E-state index contributed by atoms with van der Waals surface area (Å²) >= 11 is 0.